The van der Waals surface area contributed by atoms with E-state index < -0.39 is 0 Å². The normalized spacial score (nSPS) is 9.92. The summed E-state index contributed by atoms with van der Waals surface area (Å²) < 4.78 is 4.85. The Morgan fingerprint density at radius 3 is 2.58 bits per heavy atom. The summed E-state index contributed by atoms with van der Waals surface area (Å²) in [7, 11) is 0. The molecule has 2 heteroatoms. The summed E-state index contributed by atoms with van der Waals surface area (Å²) in [4.78, 5) is 10.8. The predicted octanol–water partition coefficient (Wildman–Crippen LogP) is 2.46. The van der Waals surface area contributed by atoms with E-state index in [1.807, 2.05) is 26.8 Å². The Kier molecular flexibility index (Phi) is 6.07. The van der Waals surface area contributed by atoms with Gasteiger partial charge >= 0.3 is 5.97 Å². The first-order chi connectivity index (χ1) is 5.66. The number of carbonyl (C=O) groups is 1. The first kappa shape index (κ1) is 11.0. The molecule has 0 aliphatic heterocycles. The minimum Gasteiger partial charge on any atom is -0.458 e. The lowest BCUT2D eigenvalue weighted by Crippen LogP contribution is -2.00. The lowest BCUT2D eigenvalue weighted by molar-refractivity contribution is -0.136. The van der Waals surface area contributed by atoms with Crippen LogP contribution in [0.1, 0.15) is 27.2 Å². The lowest BCUT2D eigenvalue weighted by atomic mass is 10.3. The van der Waals surface area contributed by atoms with E-state index in [1.165, 1.54) is 6.08 Å². The topological polar surface area (TPSA) is 26.3 Å². The molecule has 0 radical (unpaired) electrons. The molecule has 0 saturated carbocycles. The molecule has 0 aliphatic rings. The Labute approximate surface area is 73.9 Å². The van der Waals surface area contributed by atoms with Gasteiger partial charge in [0.15, 0.2) is 0 Å². The predicted molar refractivity (Wildman–Crippen MR) is 49.8 cm³/mol. The molecule has 0 N–H and O–H groups in total. The highest BCUT2D eigenvalue weighted by molar-refractivity contribution is 5.81. The minimum absolute atomic E-state index is 0.269. The number of ether oxygens (including phenoxy) is 1. The number of carbonyl (C=O) groups excluding carboxylic acids is 1. The first-order valence-electron chi connectivity index (χ1n) is 4.13. The van der Waals surface area contributed by atoms with Crippen molar-refractivity contribution in [1.29, 1.82) is 0 Å². The maximum absolute atomic E-state index is 10.8. The molecule has 0 aliphatic carbocycles. The summed E-state index contributed by atoms with van der Waals surface area (Å²) >= 11 is 0. The van der Waals surface area contributed by atoms with Crippen molar-refractivity contribution < 1.29 is 9.53 Å². The maximum Gasteiger partial charge on any atom is 0.330 e. The van der Waals surface area contributed by atoms with Crippen LogP contribution < -0.4 is 0 Å². The fraction of sp³-hybridized carbons (Fsp3) is 0.500. The summed E-state index contributed by atoms with van der Waals surface area (Å²) in [6, 6.07) is 0. The molecule has 0 aromatic carbocycles. The maximum atomic E-state index is 10.8. The fourth-order valence-electron chi connectivity index (χ4n) is 0.553. The van der Waals surface area contributed by atoms with E-state index in [4.69, 9.17) is 4.74 Å². The Hall–Kier alpha value is -1.05. The molecule has 0 amide bonds. The molecular formula is C10H16O2. The summed E-state index contributed by atoms with van der Waals surface area (Å²) in [5.41, 5.74) is 1.15. The standard InChI is InChI=1S/C10H16O2/c1-4-5-6-10(11)12-8-7-9(2)3/h5-7H,4,8H2,1-3H3. The van der Waals surface area contributed by atoms with Crippen molar-refractivity contribution in [2.75, 3.05) is 6.61 Å². The zero-order valence-electron chi connectivity index (χ0n) is 7.96. The Bertz CT molecular complexity index is 186. The number of hydrogen-bond donors (Lipinski definition) is 0. The molecule has 0 atom stereocenters. The fourth-order valence-corrected chi connectivity index (χ4v) is 0.553. The van der Waals surface area contributed by atoms with Crippen LogP contribution in [0.3, 0.4) is 0 Å². The highest BCUT2D eigenvalue weighted by atomic mass is 16.5. The Morgan fingerprint density at radius 2 is 2.08 bits per heavy atom. The molecule has 0 unspecified atom stereocenters. The van der Waals surface area contributed by atoms with Crippen LogP contribution in [0.25, 0.3) is 0 Å². The van der Waals surface area contributed by atoms with E-state index in [-0.39, 0.29) is 5.97 Å². The minimum atomic E-state index is -0.269. The molecule has 0 fully saturated rings. The van der Waals surface area contributed by atoms with Crippen LogP contribution in [0.15, 0.2) is 23.8 Å². The van der Waals surface area contributed by atoms with Gasteiger partial charge in [0, 0.05) is 6.08 Å². The number of hydrogen-bond acceptors (Lipinski definition) is 2. The second kappa shape index (κ2) is 6.65. The molecule has 0 aromatic rings. The van der Waals surface area contributed by atoms with Crippen LogP contribution in [-0.2, 0) is 9.53 Å². The third-order valence-electron chi connectivity index (χ3n) is 1.21. The SMILES string of the molecule is CCC=CC(=O)OCC=C(C)C. The van der Waals surface area contributed by atoms with Crippen molar-refractivity contribution in [3.8, 4) is 0 Å². The molecular weight excluding hydrogens is 152 g/mol. The van der Waals surface area contributed by atoms with Crippen molar-refractivity contribution in [1.82, 2.24) is 0 Å². The van der Waals surface area contributed by atoms with Gasteiger partial charge in [-0.3, -0.25) is 0 Å². The van der Waals surface area contributed by atoms with Gasteiger partial charge in [-0.25, -0.2) is 4.79 Å². The largest absolute Gasteiger partial charge is 0.458 e. The van der Waals surface area contributed by atoms with Crippen LogP contribution in [0.4, 0.5) is 0 Å². The third-order valence-corrected chi connectivity index (χ3v) is 1.21. The van der Waals surface area contributed by atoms with Gasteiger partial charge in [0.1, 0.15) is 6.61 Å². The van der Waals surface area contributed by atoms with E-state index in [1.54, 1.807) is 6.08 Å². The van der Waals surface area contributed by atoms with Gasteiger partial charge < -0.3 is 4.74 Å². The van der Waals surface area contributed by atoms with Crippen LogP contribution in [0.5, 0.6) is 0 Å². The second-order valence-corrected chi connectivity index (χ2v) is 2.72. The molecule has 0 rings (SSSR count). The third kappa shape index (κ3) is 7.06. The lowest BCUT2D eigenvalue weighted by Gasteiger charge is -1.96. The molecule has 0 bridgehead atoms. The van der Waals surface area contributed by atoms with Crippen molar-refractivity contribution >= 4 is 5.97 Å². The van der Waals surface area contributed by atoms with Gasteiger partial charge in [0.2, 0.25) is 0 Å². The van der Waals surface area contributed by atoms with Gasteiger partial charge in [-0.05, 0) is 26.3 Å². The average Bonchev–Trinajstić information content (AvgIpc) is 2.00. The van der Waals surface area contributed by atoms with Gasteiger partial charge in [-0.1, -0.05) is 18.6 Å². The van der Waals surface area contributed by atoms with Crippen molar-refractivity contribution in [3.63, 3.8) is 0 Å². The van der Waals surface area contributed by atoms with Gasteiger partial charge in [0.25, 0.3) is 0 Å². The molecule has 0 spiro atoms. The summed E-state index contributed by atoms with van der Waals surface area (Å²) in [5, 5.41) is 0. The van der Waals surface area contributed by atoms with E-state index in [9.17, 15) is 4.79 Å². The quantitative estimate of drug-likeness (QED) is 0.366. The second-order valence-electron chi connectivity index (χ2n) is 2.72. The average molecular weight is 168 g/mol. The summed E-state index contributed by atoms with van der Waals surface area (Å²) in [6.07, 6.45) is 5.97. The zero-order chi connectivity index (χ0) is 9.40. The molecule has 2 nitrogen and oxygen atoms in total. The number of allylic oxidation sites excluding steroid dienone is 2. The highest BCUT2D eigenvalue weighted by Gasteiger charge is 1.92. The van der Waals surface area contributed by atoms with E-state index in [0.29, 0.717) is 6.61 Å². The number of esters is 1. The van der Waals surface area contributed by atoms with Gasteiger partial charge in [0.05, 0.1) is 0 Å². The molecule has 0 heterocycles. The smallest absolute Gasteiger partial charge is 0.330 e. The highest BCUT2D eigenvalue weighted by Crippen LogP contribution is 1.90. The first-order valence-corrected chi connectivity index (χ1v) is 4.13. The zero-order valence-corrected chi connectivity index (χ0v) is 7.96. The Morgan fingerprint density at radius 1 is 1.42 bits per heavy atom. The molecule has 0 saturated heterocycles. The van der Waals surface area contributed by atoms with E-state index in [2.05, 4.69) is 0 Å². The molecule has 0 aromatic heterocycles. The van der Waals surface area contributed by atoms with Crippen LogP contribution >= 0.6 is 0 Å². The van der Waals surface area contributed by atoms with E-state index >= 15 is 0 Å². The van der Waals surface area contributed by atoms with E-state index in [0.717, 1.165) is 12.0 Å². The van der Waals surface area contributed by atoms with Crippen LogP contribution in [0.2, 0.25) is 0 Å². The van der Waals surface area contributed by atoms with Crippen molar-refractivity contribution in [2.45, 2.75) is 27.2 Å². The van der Waals surface area contributed by atoms with Crippen molar-refractivity contribution in [2.24, 2.45) is 0 Å². The Balaban J connectivity index is 3.58. The number of rotatable bonds is 4. The molecule has 68 valence electrons. The summed E-state index contributed by atoms with van der Waals surface area (Å²) in [6.45, 7) is 6.28. The molecule has 12 heavy (non-hydrogen) atoms. The van der Waals surface area contributed by atoms with Gasteiger partial charge in [-0.2, -0.15) is 0 Å². The van der Waals surface area contributed by atoms with Crippen LogP contribution in [0, 0.1) is 0 Å². The van der Waals surface area contributed by atoms with Gasteiger partial charge in [-0.15, -0.1) is 0 Å². The monoisotopic (exact) mass is 168 g/mol. The van der Waals surface area contributed by atoms with Crippen molar-refractivity contribution in [3.05, 3.63) is 23.8 Å². The summed E-state index contributed by atoms with van der Waals surface area (Å²) in [5.74, 6) is -0.269. The van der Waals surface area contributed by atoms with Crippen LogP contribution in [-0.4, -0.2) is 12.6 Å².